The van der Waals surface area contributed by atoms with Gasteiger partial charge in [-0.3, -0.25) is 19.6 Å². The van der Waals surface area contributed by atoms with Crippen LogP contribution in [0.3, 0.4) is 0 Å². The molecular formula is C19H22N4O4S. The number of nitrogens with two attached hydrogens (primary N) is 1. The smallest absolute Gasteiger partial charge is 0.293 e. The van der Waals surface area contributed by atoms with E-state index in [1.807, 2.05) is 6.07 Å². The highest BCUT2D eigenvalue weighted by atomic mass is 32.2. The Labute approximate surface area is 167 Å². The number of piperidine rings is 1. The van der Waals surface area contributed by atoms with Gasteiger partial charge in [-0.15, -0.1) is 0 Å². The standard InChI is InChI=1S/C19H22N4O4S/c1-12-6-8-22(9-7-12)13-2-4-15(18(24)10-13)19(25)21-28-14-3-5-16(20)17(11-14)23(26)27/h2-5,10-12,24H,6-9,20H2,1H3,(H,21,25). The van der Waals surface area contributed by atoms with Gasteiger partial charge in [-0.25, -0.2) is 0 Å². The minimum atomic E-state index is -0.576. The molecule has 0 bridgehead atoms. The lowest BCUT2D eigenvalue weighted by Gasteiger charge is -2.32. The lowest BCUT2D eigenvalue weighted by molar-refractivity contribution is -0.384. The third kappa shape index (κ3) is 4.48. The number of nitrogen functional groups attached to an aromatic ring is 1. The second-order valence-corrected chi connectivity index (χ2v) is 7.76. The van der Waals surface area contributed by atoms with Crippen LogP contribution in [0.1, 0.15) is 30.1 Å². The predicted octanol–water partition coefficient (Wildman–Crippen LogP) is 3.56. The first kappa shape index (κ1) is 19.8. The maximum Gasteiger partial charge on any atom is 0.293 e. The van der Waals surface area contributed by atoms with E-state index in [4.69, 9.17) is 5.73 Å². The van der Waals surface area contributed by atoms with Gasteiger partial charge in [0.05, 0.1) is 10.5 Å². The second-order valence-electron chi connectivity index (χ2n) is 6.88. The second kappa shape index (κ2) is 8.39. The van der Waals surface area contributed by atoms with Crippen LogP contribution in [0, 0.1) is 16.0 Å². The van der Waals surface area contributed by atoms with Crippen molar-refractivity contribution in [3.05, 3.63) is 52.1 Å². The number of hydrogen-bond acceptors (Lipinski definition) is 7. The van der Waals surface area contributed by atoms with Crippen molar-refractivity contribution in [3.63, 3.8) is 0 Å². The van der Waals surface area contributed by atoms with Gasteiger partial charge in [0.25, 0.3) is 11.6 Å². The highest BCUT2D eigenvalue weighted by molar-refractivity contribution is 7.98. The van der Waals surface area contributed by atoms with Gasteiger partial charge < -0.3 is 15.7 Å². The lowest BCUT2D eigenvalue weighted by atomic mass is 9.98. The Kier molecular flexibility index (Phi) is 5.93. The molecule has 8 nitrogen and oxygen atoms in total. The normalized spacial score (nSPS) is 14.7. The van der Waals surface area contributed by atoms with E-state index in [0.29, 0.717) is 10.8 Å². The van der Waals surface area contributed by atoms with Crippen molar-refractivity contribution in [2.45, 2.75) is 24.7 Å². The van der Waals surface area contributed by atoms with Crippen LogP contribution < -0.4 is 15.4 Å². The molecular weight excluding hydrogens is 380 g/mol. The lowest BCUT2D eigenvalue weighted by Crippen LogP contribution is -2.32. The number of carbonyl (C=O) groups is 1. The summed E-state index contributed by atoms with van der Waals surface area (Å²) in [5.41, 5.74) is 6.44. The number of nitrogens with zero attached hydrogens (tertiary/aromatic N) is 2. The molecule has 0 atom stereocenters. The summed E-state index contributed by atoms with van der Waals surface area (Å²) in [4.78, 5) is 25.4. The summed E-state index contributed by atoms with van der Waals surface area (Å²) in [5.74, 6) is 0.120. The van der Waals surface area contributed by atoms with Crippen molar-refractivity contribution in [1.82, 2.24) is 4.72 Å². The molecule has 3 rings (SSSR count). The van der Waals surface area contributed by atoms with Gasteiger partial charge in [0.2, 0.25) is 0 Å². The summed E-state index contributed by atoms with van der Waals surface area (Å²) in [6.45, 7) is 4.09. The molecule has 2 aromatic rings. The average Bonchev–Trinajstić information content (AvgIpc) is 2.67. The van der Waals surface area contributed by atoms with Gasteiger partial charge in [-0.2, -0.15) is 0 Å². The largest absolute Gasteiger partial charge is 0.507 e. The zero-order valence-electron chi connectivity index (χ0n) is 15.4. The summed E-state index contributed by atoms with van der Waals surface area (Å²) in [6, 6.07) is 9.30. The van der Waals surface area contributed by atoms with Gasteiger partial charge >= 0.3 is 0 Å². The quantitative estimate of drug-likeness (QED) is 0.302. The number of nitro groups is 1. The van der Waals surface area contributed by atoms with Crippen LogP contribution in [0.5, 0.6) is 5.75 Å². The zero-order valence-corrected chi connectivity index (χ0v) is 16.2. The average molecular weight is 402 g/mol. The molecule has 28 heavy (non-hydrogen) atoms. The van der Waals surface area contributed by atoms with Crippen LogP contribution in [0.4, 0.5) is 17.1 Å². The van der Waals surface area contributed by atoms with E-state index in [1.54, 1.807) is 18.2 Å². The molecule has 2 aromatic carbocycles. The highest BCUT2D eigenvalue weighted by Gasteiger charge is 2.19. The molecule has 0 spiro atoms. The van der Waals surface area contributed by atoms with Crippen LogP contribution in [0.25, 0.3) is 0 Å². The SMILES string of the molecule is CC1CCN(c2ccc(C(=O)NSc3ccc(N)c([N+](=O)[O-])c3)c(O)c2)CC1. The highest BCUT2D eigenvalue weighted by Crippen LogP contribution is 2.30. The van der Waals surface area contributed by atoms with Crippen molar-refractivity contribution in [2.75, 3.05) is 23.7 Å². The summed E-state index contributed by atoms with van der Waals surface area (Å²) in [5, 5.41) is 21.2. The fraction of sp³-hybridized carbons (Fsp3) is 0.316. The van der Waals surface area contributed by atoms with Crippen LogP contribution in [0.15, 0.2) is 41.3 Å². The molecule has 1 aliphatic rings. The first-order valence-corrected chi connectivity index (χ1v) is 9.76. The van der Waals surface area contributed by atoms with E-state index in [9.17, 15) is 20.0 Å². The topological polar surface area (TPSA) is 122 Å². The molecule has 0 radical (unpaired) electrons. The monoisotopic (exact) mass is 402 g/mol. The Morgan fingerprint density at radius 1 is 1.29 bits per heavy atom. The molecule has 1 saturated heterocycles. The summed E-state index contributed by atoms with van der Waals surface area (Å²) in [7, 11) is 0. The van der Waals surface area contributed by atoms with Gasteiger partial charge in [0.15, 0.2) is 0 Å². The number of phenols is 1. The number of carbonyl (C=O) groups excluding carboxylic acids is 1. The predicted molar refractivity (Wildman–Crippen MR) is 110 cm³/mol. The van der Waals surface area contributed by atoms with Gasteiger partial charge in [0.1, 0.15) is 11.4 Å². The number of phenolic OH excluding ortho intramolecular Hbond substituents is 1. The van der Waals surface area contributed by atoms with Crippen LogP contribution in [-0.2, 0) is 0 Å². The molecule has 148 valence electrons. The molecule has 0 unspecified atom stereocenters. The summed E-state index contributed by atoms with van der Waals surface area (Å²) < 4.78 is 2.59. The fourth-order valence-electron chi connectivity index (χ4n) is 3.08. The van der Waals surface area contributed by atoms with E-state index in [-0.39, 0.29) is 22.7 Å². The van der Waals surface area contributed by atoms with Crippen LogP contribution in [-0.4, -0.2) is 29.0 Å². The summed E-state index contributed by atoms with van der Waals surface area (Å²) in [6.07, 6.45) is 2.21. The first-order chi connectivity index (χ1) is 13.3. The van der Waals surface area contributed by atoms with Crippen molar-refractivity contribution in [2.24, 2.45) is 5.92 Å². The van der Waals surface area contributed by atoms with Gasteiger partial charge in [0, 0.05) is 35.8 Å². The number of aromatic hydroxyl groups is 1. The number of nitrogens with one attached hydrogen (secondary N) is 1. The molecule has 0 aromatic heterocycles. The molecule has 9 heteroatoms. The van der Waals surface area contributed by atoms with E-state index in [0.717, 1.165) is 43.6 Å². The van der Waals surface area contributed by atoms with Crippen molar-refractivity contribution in [1.29, 1.82) is 0 Å². The minimum absolute atomic E-state index is 0.0565. The van der Waals surface area contributed by atoms with Gasteiger partial charge in [-0.1, -0.05) is 6.92 Å². The summed E-state index contributed by atoms with van der Waals surface area (Å²) >= 11 is 0.924. The first-order valence-electron chi connectivity index (χ1n) is 8.94. The number of rotatable bonds is 5. The van der Waals surface area contributed by atoms with Crippen LogP contribution in [0.2, 0.25) is 0 Å². The van der Waals surface area contributed by atoms with Crippen molar-refractivity contribution < 1.29 is 14.8 Å². The number of hydrogen-bond donors (Lipinski definition) is 3. The Hall–Kier alpha value is -2.94. The molecule has 4 N–H and O–H groups in total. The maximum absolute atomic E-state index is 12.4. The Morgan fingerprint density at radius 2 is 2.00 bits per heavy atom. The fourth-order valence-corrected chi connectivity index (χ4v) is 3.71. The van der Waals surface area contributed by atoms with E-state index >= 15 is 0 Å². The Balaban J connectivity index is 1.66. The number of amides is 1. The molecule has 1 heterocycles. The molecule has 0 aliphatic carbocycles. The van der Waals surface area contributed by atoms with Gasteiger partial charge in [-0.05, 0) is 55.0 Å². The third-order valence-electron chi connectivity index (χ3n) is 4.83. The zero-order chi connectivity index (χ0) is 20.3. The molecule has 1 aliphatic heterocycles. The number of anilines is 2. The van der Waals surface area contributed by atoms with Crippen molar-refractivity contribution >= 4 is 34.9 Å². The van der Waals surface area contributed by atoms with Crippen molar-refractivity contribution in [3.8, 4) is 5.75 Å². The Morgan fingerprint density at radius 3 is 2.64 bits per heavy atom. The van der Waals surface area contributed by atoms with Crippen LogP contribution >= 0.6 is 11.9 Å². The maximum atomic E-state index is 12.4. The van der Waals surface area contributed by atoms with E-state index in [2.05, 4.69) is 16.5 Å². The molecule has 1 amide bonds. The number of benzene rings is 2. The third-order valence-corrected chi connectivity index (χ3v) is 5.61. The molecule has 1 fully saturated rings. The number of nitro benzene ring substituents is 1. The van der Waals surface area contributed by atoms with E-state index < -0.39 is 10.8 Å². The van der Waals surface area contributed by atoms with E-state index in [1.165, 1.54) is 12.1 Å². The molecule has 0 saturated carbocycles. The Bertz CT molecular complexity index is 897. The minimum Gasteiger partial charge on any atom is -0.507 e.